The van der Waals surface area contributed by atoms with Crippen molar-refractivity contribution in [1.82, 2.24) is 9.29 Å². The fourth-order valence-electron chi connectivity index (χ4n) is 4.38. The quantitative estimate of drug-likeness (QED) is 0.313. The van der Waals surface area contributed by atoms with Crippen molar-refractivity contribution in [3.63, 3.8) is 0 Å². The average Bonchev–Trinajstić information content (AvgIpc) is 3.52. The second-order valence-electron chi connectivity index (χ2n) is 8.70. The maximum absolute atomic E-state index is 13.7. The van der Waals surface area contributed by atoms with Crippen molar-refractivity contribution < 1.29 is 22.0 Å². The van der Waals surface area contributed by atoms with Crippen molar-refractivity contribution in [2.24, 2.45) is 5.92 Å². The van der Waals surface area contributed by atoms with Crippen LogP contribution in [0, 0.1) is 18.7 Å². The van der Waals surface area contributed by atoms with E-state index in [2.05, 4.69) is 0 Å². The van der Waals surface area contributed by atoms with Gasteiger partial charge < -0.3 is 4.42 Å². The maximum Gasteiger partial charge on any atom is 0.243 e. The Morgan fingerprint density at radius 1 is 1.22 bits per heavy atom. The molecule has 0 aliphatic carbocycles. The van der Waals surface area contributed by atoms with Gasteiger partial charge in [-0.1, -0.05) is 22.9 Å². The third-order valence-corrected chi connectivity index (χ3v) is 9.44. The van der Waals surface area contributed by atoms with Gasteiger partial charge in [0.25, 0.3) is 0 Å². The molecule has 7 nitrogen and oxygen atoms in total. The Labute approximate surface area is 217 Å². The van der Waals surface area contributed by atoms with Crippen LogP contribution in [0.25, 0.3) is 10.2 Å². The largest absolute Gasteiger partial charge is 0.467 e. The number of nitrogens with zero attached hydrogens (tertiary/aromatic N) is 3. The Morgan fingerprint density at radius 3 is 2.61 bits per heavy atom. The van der Waals surface area contributed by atoms with Crippen LogP contribution in [-0.4, -0.2) is 36.7 Å². The predicted octanol–water partition coefficient (Wildman–Crippen LogP) is 5.62. The number of anilines is 1. The number of thiazole rings is 1. The smallest absolute Gasteiger partial charge is 0.243 e. The van der Waals surface area contributed by atoms with Gasteiger partial charge in [-0.15, -0.1) is 0 Å². The molecular formula is C25H23ClFN3O4S2. The van der Waals surface area contributed by atoms with E-state index >= 15 is 0 Å². The van der Waals surface area contributed by atoms with Gasteiger partial charge >= 0.3 is 0 Å². The Hall–Kier alpha value is -2.79. The summed E-state index contributed by atoms with van der Waals surface area (Å²) >= 11 is 7.61. The first-order valence-electron chi connectivity index (χ1n) is 11.4. The van der Waals surface area contributed by atoms with Crippen LogP contribution in [0.1, 0.15) is 24.2 Å². The summed E-state index contributed by atoms with van der Waals surface area (Å²) < 4.78 is 46.9. The molecule has 2 aromatic carbocycles. The van der Waals surface area contributed by atoms with E-state index in [0.717, 1.165) is 27.9 Å². The number of carbonyl (C=O) groups is 1. The number of carbonyl (C=O) groups excluding carboxylic acids is 1. The summed E-state index contributed by atoms with van der Waals surface area (Å²) in [5.74, 6) is -0.389. The lowest BCUT2D eigenvalue weighted by atomic mass is 9.96. The molecule has 1 fully saturated rings. The molecule has 11 heteroatoms. The number of fused-ring (bicyclic) bond motifs is 1. The topological polar surface area (TPSA) is 83.7 Å². The zero-order chi connectivity index (χ0) is 25.4. The lowest BCUT2D eigenvalue weighted by Crippen LogP contribution is -2.44. The zero-order valence-electron chi connectivity index (χ0n) is 19.4. The van der Waals surface area contributed by atoms with Crippen LogP contribution in [0.5, 0.6) is 0 Å². The van der Waals surface area contributed by atoms with Crippen LogP contribution >= 0.6 is 22.9 Å². The van der Waals surface area contributed by atoms with Crippen LogP contribution in [0.3, 0.4) is 0 Å². The number of aromatic nitrogens is 1. The fraction of sp³-hybridized carbons (Fsp3) is 0.280. The van der Waals surface area contributed by atoms with Crippen LogP contribution in [0.4, 0.5) is 9.52 Å². The third kappa shape index (κ3) is 4.90. The van der Waals surface area contributed by atoms with Crippen LogP contribution < -0.4 is 4.90 Å². The van der Waals surface area contributed by atoms with E-state index in [1.165, 1.54) is 27.8 Å². The lowest BCUT2D eigenvalue weighted by molar-refractivity contribution is -0.123. The zero-order valence-corrected chi connectivity index (χ0v) is 21.7. The number of halogens is 2. The number of sulfonamides is 1. The molecule has 1 amide bonds. The summed E-state index contributed by atoms with van der Waals surface area (Å²) in [6, 6.07) is 12.0. The van der Waals surface area contributed by atoms with Crippen molar-refractivity contribution >= 4 is 54.2 Å². The molecule has 5 rings (SSSR count). The standard InChI is InChI=1S/C25H23ClFN3O4S2/c1-16-13-18(26)14-22-23(16)28-25(35-22)30(15-20-3-2-12-34-20)24(31)17-8-10-29(11-9-17)36(32,33)21-6-4-19(27)5-7-21/h2-7,12-14,17H,8-11,15H2,1H3. The minimum atomic E-state index is -3.76. The van der Waals surface area contributed by atoms with Crippen molar-refractivity contribution in [1.29, 1.82) is 0 Å². The van der Waals surface area contributed by atoms with Gasteiger partial charge in [0, 0.05) is 24.0 Å². The minimum Gasteiger partial charge on any atom is -0.467 e. The van der Waals surface area contributed by atoms with Gasteiger partial charge in [-0.25, -0.2) is 17.8 Å². The normalized spacial score (nSPS) is 15.4. The number of hydrogen-bond donors (Lipinski definition) is 0. The Morgan fingerprint density at radius 2 is 1.94 bits per heavy atom. The Bertz CT molecular complexity index is 1500. The number of hydrogen-bond acceptors (Lipinski definition) is 6. The molecular weight excluding hydrogens is 525 g/mol. The summed E-state index contributed by atoms with van der Waals surface area (Å²) in [6.45, 7) is 2.53. The maximum atomic E-state index is 13.7. The van der Waals surface area contributed by atoms with Gasteiger partial charge in [0.1, 0.15) is 11.6 Å². The highest BCUT2D eigenvalue weighted by atomic mass is 35.5. The van der Waals surface area contributed by atoms with Gasteiger partial charge in [0.05, 0.1) is 27.9 Å². The third-order valence-electron chi connectivity index (χ3n) is 6.28. The fourth-order valence-corrected chi connectivity index (χ4v) is 7.27. The molecule has 2 aromatic heterocycles. The summed E-state index contributed by atoms with van der Waals surface area (Å²) in [5, 5.41) is 1.15. The molecule has 3 heterocycles. The number of benzene rings is 2. The molecule has 0 N–H and O–H groups in total. The van der Waals surface area contributed by atoms with Gasteiger partial charge in [-0.05, 0) is 73.9 Å². The molecule has 0 unspecified atom stereocenters. The highest BCUT2D eigenvalue weighted by Gasteiger charge is 2.35. The summed E-state index contributed by atoms with van der Waals surface area (Å²) in [4.78, 5) is 20.1. The molecule has 1 aliphatic rings. The monoisotopic (exact) mass is 547 g/mol. The number of furan rings is 1. The molecule has 0 bridgehead atoms. The molecule has 0 atom stereocenters. The SMILES string of the molecule is Cc1cc(Cl)cc2sc(N(Cc3ccco3)C(=O)C3CCN(S(=O)(=O)c4ccc(F)cc4)CC3)nc12. The first kappa shape index (κ1) is 24.9. The van der Waals surface area contributed by atoms with Crippen molar-refractivity contribution in [3.8, 4) is 0 Å². The molecule has 0 radical (unpaired) electrons. The highest BCUT2D eigenvalue weighted by molar-refractivity contribution is 7.89. The van der Waals surface area contributed by atoms with E-state index in [-0.39, 0.29) is 36.4 Å². The Kier molecular flexibility index (Phi) is 6.86. The molecule has 0 spiro atoms. The van der Waals surface area contributed by atoms with Crippen LogP contribution in [0.2, 0.25) is 5.02 Å². The van der Waals surface area contributed by atoms with Gasteiger partial charge in [0.15, 0.2) is 5.13 Å². The summed E-state index contributed by atoms with van der Waals surface area (Å²) in [6.07, 6.45) is 2.28. The van der Waals surface area contributed by atoms with Crippen molar-refractivity contribution in [2.45, 2.75) is 31.2 Å². The van der Waals surface area contributed by atoms with E-state index in [4.69, 9.17) is 21.0 Å². The lowest BCUT2D eigenvalue weighted by Gasteiger charge is -2.32. The molecule has 0 saturated carbocycles. The van der Waals surface area contributed by atoms with E-state index in [0.29, 0.717) is 28.8 Å². The van der Waals surface area contributed by atoms with Gasteiger partial charge in [-0.3, -0.25) is 9.69 Å². The van der Waals surface area contributed by atoms with E-state index in [1.807, 2.05) is 19.1 Å². The second-order valence-corrected chi connectivity index (χ2v) is 12.1. The number of rotatable bonds is 6. The number of piperidine rings is 1. The van der Waals surface area contributed by atoms with Crippen molar-refractivity contribution in [3.05, 3.63) is 77.0 Å². The van der Waals surface area contributed by atoms with E-state index < -0.39 is 15.8 Å². The van der Waals surface area contributed by atoms with Crippen LogP contribution in [0.15, 0.2) is 64.1 Å². The first-order valence-corrected chi connectivity index (χ1v) is 14.0. The molecule has 1 aliphatic heterocycles. The van der Waals surface area contributed by atoms with E-state index in [1.54, 1.807) is 23.3 Å². The summed E-state index contributed by atoms with van der Waals surface area (Å²) in [7, 11) is -3.76. The molecule has 36 heavy (non-hydrogen) atoms. The number of amides is 1. The number of aryl methyl sites for hydroxylation is 1. The molecule has 1 saturated heterocycles. The van der Waals surface area contributed by atoms with Gasteiger partial charge in [-0.2, -0.15) is 4.31 Å². The molecule has 4 aromatic rings. The van der Waals surface area contributed by atoms with E-state index in [9.17, 15) is 17.6 Å². The average molecular weight is 548 g/mol. The first-order chi connectivity index (χ1) is 17.2. The predicted molar refractivity (Wildman–Crippen MR) is 137 cm³/mol. The van der Waals surface area contributed by atoms with Gasteiger partial charge in [0.2, 0.25) is 15.9 Å². The highest BCUT2D eigenvalue weighted by Crippen LogP contribution is 2.35. The van der Waals surface area contributed by atoms with Crippen LogP contribution in [-0.2, 0) is 21.4 Å². The Balaban J connectivity index is 1.37. The second kappa shape index (κ2) is 9.93. The van der Waals surface area contributed by atoms with Crippen molar-refractivity contribution in [2.75, 3.05) is 18.0 Å². The molecule has 188 valence electrons. The minimum absolute atomic E-state index is 0.0385. The summed E-state index contributed by atoms with van der Waals surface area (Å²) in [5.41, 5.74) is 1.71.